The number of rotatable bonds is 8. The quantitative estimate of drug-likeness (QED) is 0.521. The predicted molar refractivity (Wildman–Crippen MR) is 133 cm³/mol. The van der Waals surface area contributed by atoms with Crippen molar-refractivity contribution < 1.29 is 14.3 Å². The first kappa shape index (κ1) is 23.2. The van der Waals surface area contributed by atoms with Gasteiger partial charge in [-0.15, -0.1) is 0 Å². The fourth-order valence-electron chi connectivity index (χ4n) is 4.25. The monoisotopic (exact) mass is 462 g/mol. The van der Waals surface area contributed by atoms with Crippen molar-refractivity contribution >= 4 is 23.2 Å². The molecule has 2 heterocycles. The molecule has 0 radical (unpaired) electrons. The number of hydrogen-bond donors (Lipinski definition) is 2. The van der Waals surface area contributed by atoms with Crippen LogP contribution in [0, 0.1) is 0 Å². The molecular weight excluding hydrogens is 432 g/mol. The molecule has 1 aliphatic heterocycles. The molecule has 2 aromatic carbocycles. The fourth-order valence-corrected chi connectivity index (χ4v) is 4.25. The van der Waals surface area contributed by atoms with Gasteiger partial charge in [-0.25, -0.2) is 4.68 Å². The van der Waals surface area contributed by atoms with E-state index in [1.165, 1.54) is 6.33 Å². The standard InChI is InChI=1S/C25H30N6O3/c1-6-30(7-2)18-10-8-17(9-11-18)23-22(16(3)28-25-26-15-27-31(23)25)24(32)29-20-14-19(33-4)12-13-21(20)34-5/h8-15,23H,6-7H2,1-5H3,(H,29,32)(H,26,27,28)/t23-/m1/s1. The molecule has 1 aliphatic rings. The lowest BCUT2D eigenvalue weighted by atomic mass is 9.94. The molecule has 2 N–H and O–H groups in total. The Bertz CT molecular complexity index is 1200. The summed E-state index contributed by atoms with van der Waals surface area (Å²) >= 11 is 0. The summed E-state index contributed by atoms with van der Waals surface area (Å²) in [5.41, 5.74) is 3.84. The molecule has 0 unspecified atom stereocenters. The van der Waals surface area contributed by atoms with E-state index >= 15 is 0 Å². The van der Waals surface area contributed by atoms with Crippen molar-refractivity contribution in [1.29, 1.82) is 0 Å². The number of nitrogens with zero attached hydrogens (tertiary/aromatic N) is 4. The number of carbonyl (C=O) groups excluding carboxylic acids is 1. The summed E-state index contributed by atoms with van der Waals surface area (Å²) in [7, 11) is 3.14. The lowest BCUT2D eigenvalue weighted by Crippen LogP contribution is -2.31. The minimum Gasteiger partial charge on any atom is -0.497 e. The van der Waals surface area contributed by atoms with Crippen molar-refractivity contribution in [3.05, 3.63) is 65.6 Å². The first-order chi connectivity index (χ1) is 16.5. The van der Waals surface area contributed by atoms with Crippen molar-refractivity contribution in [2.24, 2.45) is 0 Å². The Labute approximate surface area is 199 Å². The third kappa shape index (κ3) is 4.28. The molecule has 4 rings (SSSR count). The number of anilines is 3. The molecule has 3 aromatic rings. The van der Waals surface area contributed by atoms with Crippen LogP contribution in [0.4, 0.5) is 17.3 Å². The van der Waals surface area contributed by atoms with Gasteiger partial charge in [0.25, 0.3) is 5.91 Å². The SMILES string of the molecule is CCN(CC)c1ccc([C@@H]2C(C(=O)Nc3cc(OC)ccc3OC)=C(C)Nc3ncnn32)cc1. The average Bonchev–Trinajstić information content (AvgIpc) is 3.32. The van der Waals surface area contributed by atoms with Crippen LogP contribution >= 0.6 is 0 Å². The molecule has 34 heavy (non-hydrogen) atoms. The summed E-state index contributed by atoms with van der Waals surface area (Å²) in [6.07, 6.45) is 1.48. The second-order valence-electron chi connectivity index (χ2n) is 7.88. The molecule has 0 fully saturated rings. The van der Waals surface area contributed by atoms with Crippen LogP contribution in [-0.2, 0) is 4.79 Å². The Balaban J connectivity index is 1.73. The van der Waals surface area contributed by atoms with Crippen molar-refractivity contribution in [3.63, 3.8) is 0 Å². The van der Waals surface area contributed by atoms with Gasteiger partial charge < -0.3 is 25.0 Å². The Morgan fingerprint density at radius 1 is 1.12 bits per heavy atom. The van der Waals surface area contributed by atoms with E-state index in [1.807, 2.05) is 19.1 Å². The van der Waals surface area contributed by atoms with Crippen LogP contribution in [0.5, 0.6) is 11.5 Å². The summed E-state index contributed by atoms with van der Waals surface area (Å²) < 4.78 is 12.5. The molecular formula is C25H30N6O3. The molecule has 9 nitrogen and oxygen atoms in total. The number of aromatic nitrogens is 3. The number of amides is 1. The normalized spacial score (nSPS) is 14.8. The molecule has 1 aromatic heterocycles. The summed E-state index contributed by atoms with van der Waals surface area (Å²) in [6, 6.07) is 13.1. The van der Waals surface area contributed by atoms with Gasteiger partial charge in [-0.2, -0.15) is 10.1 Å². The van der Waals surface area contributed by atoms with Crippen LogP contribution in [0.1, 0.15) is 32.4 Å². The van der Waals surface area contributed by atoms with Gasteiger partial charge in [0.05, 0.1) is 25.5 Å². The summed E-state index contributed by atoms with van der Waals surface area (Å²) in [5, 5.41) is 10.6. The van der Waals surface area contributed by atoms with Crippen LogP contribution in [0.2, 0.25) is 0 Å². The molecule has 1 atom stereocenters. The Morgan fingerprint density at radius 3 is 2.50 bits per heavy atom. The molecule has 0 spiro atoms. The molecule has 0 aliphatic carbocycles. The first-order valence-electron chi connectivity index (χ1n) is 11.3. The van der Waals surface area contributed by atoms with E-state index < -0.39 is 6.04 Å². The first-order valence-corrected chi connectivity index (χ1v) is 11.3. The highest BCUT2D eigenvalue weighted by molar-refractivity contribution is 6.06. The molecule has 0 saturated heterocycles. The van der Waals surface area contributed by atoms with Gasteiger partial charge in [0.1, 0.15) is 23.9 Å². The Hall–Kier alpha value is -4.01. The number of fused-ring (bicyclic) bond motifs is 1. The molecule has 0 saturated carbocycles. The number of benzene rings is 2. The zero-order chi connectivity index (χ0) is 24.2. The van der Waals surface area contributed by atoms with Gasteiger partial charge in [-0.3, -0.25) is 4.79 Å². The number of hydrogen-bond acceptors (Lipinski definition) is 7. The van der Waals surface area contributed by atoms with E-state index in [0.717, 1.165) is 24.3 Å². The van der Waals surface area contributed by atoms with E-state index in [-0.39, 0.29) is 5.91 Å². The van der Waals surface area contributed by atoms with Crippen molar-refractivity contribution in [3.8, 4) is 11.5 Å². The number of nitrogens with one attached hydrogen (secondary N) is 2. The van der Waals surface area contributed by atoms with E-state index in [4.69, 9.17) is 9.47 Å². The molecule has 1 amide bonds. The molecule has 9 heteroatoms. The summed E-state index contributed by atoms with van der Waals surface area (Å²) in [4.78, 5) is 20.2. The average molecular weight is 463 g/mol. The van der Waals surface area contributed by atoms with E-state index in [1.54, 1.807) is 37.1 Å². The van der Waals surface area contributed by atoms with Gasteiger partial charge in [0, 0.05) is 30.5 Å². The predicted octanol–water partition coefficient (Wildman–Crippen LogP) is 4.07. The van der Waals surface area contributed by atoms with Gasteiger partial charge in [-0.05, 0) is 50.6 Å². The number of carbonyl (C=O) groups is 1. The zero-order valence-electron chi connectivity index (χ0n) is 20.1. The summed E-state index contributed by atoms with van der Waals surface area (Å²) in [5.74, 6) is 1.48. The lowest BCUT2D eigenvalue weighted by molar-refractivity contribution is -0.113. The minimum atomic E-state index is -0.443. The number of ether oxygens (including phenoxy) is 2. The maximum atomic E-state index is 13.7. The fraction of sp³-hybridized carbons (Fsp3) is 0.320. The maximum absolute atomic E-state index is 13.7. The van der Waals surface area contributed by atoms with Gasteiger partial charge in [0.15, 0.2) is 0 Å². The highest BCUT2D eigenvalue weighted by atomic mass is 16.5. The van der Waals surface area contributed by atoms with Gasteiger partial charge in [0.2, 0.25) is 5.95 Å². The van der Waals surface area contributed by atoms with Crippen LogP contribution in [-0.4, -0.2) is 48.0 Å². The highest BCUT2D eigenvalue weighted by Gasteiger charge is 2.33. The zero-order valence-corrected chi connectivity index (χ0v) is 20.1. The summed E-state index contributed by atoms with van der Waals surface area (Å²) in [6.45, 7) is 7.98. The van der Waals surface area contributed by atoms with Crippen LogP contribution in [0.3, 0.4) is 0 Å². The smallest absolute Gasteiger partial charge is 0.255 e. The van der Waals surface area contributed by atoms with Gasteiger partial charge in [-0.1, -0.05) is 12.1 Å². The number of methoxy groups -OCH3 is 2. The second kappa shape index (κ2) is 9.86. The van der Waals surface area contributed by atoms with E-state index in [2.05, 4.69) is 51.6 Å². The molecule has 0 bridgehead atoms. The third-order valence-electron chi connectivity index (χ3n) is 6.03. The van der Waals surface area contributed by atoms with E-state index in [0.29, 0.717) is 34.4 Å². The lowest BCUT2D eigenvalue weighted by Gasteiger charge is -2.29. The topological polar surface area (TPSA) is 93.5 Å². The largest absolute Gasteiger partial charge is 0.497 e. The van der Waals surface area contributed by atoms with Crippen LogP contribution in [0.25, 0.3) is 0 Å². The second-order valence-corrected chi connectivity index (χ2v) is 7.88. The van der Waals surface area contributed by atoms with Crippen molar-refractivity contribution in [2.75, 3.05) is 42.8 Å². The highest BCUT2D eigenvalue weighted by Crippen LogP contribution is 2.37. The third-order valence-corrected chi connectivity index (χ3v) is 6.03. The number of allylic oxidation sites excluding steroid dienone is 1. The van der Waals surface area contributed by atoms with Crippen LogP contribution in [0.15, 0.2) is 60.1 Å². The Kier molecular flexibility index (Phi) is 6.72. The minimum absolute atomic E-state index is 0.268. The van der Waals surface area contributed by atoms with Crippen molar-refractivity contribution in [2.45, 2.75) is 26.8 Å². The van der Waals surface area contributed by atoms with Gasteiger partial charge >= 0.3 is 0 Å². The molecule has 178 valence electrons. The van der Waals surface area contributed by atoms with Crippen molar-refractivity contribution in [1.82, 2.24) is 14.8 Å². The maximum Gasteiger partial charge on any atom is 0.255 e. The van der Waals surface area contributed by atoms with E-state index in [9.17, 15) is 4.79 Å². The van der Waals surface area contributed by atoms with Crippen LogP contribution < -0.4 is 25.0 Å². The Morgan fingerprint density at radius 2 is 1.85 bits per heavy atom.